The maximum absolute atomic E-state index is 14.4. The average molecular weight is 602 g/mol. The van der Waals surface area contributed by atoms with E-state index < -0.39 is 15.9 Å². The van der Waals surface area contributed by atoms with Crippen LogP contribution in [0, 0.1) is 5.82 Å². The summed E-state index contributed by atoms with van der Waals surface area (Å²) in [4.78, 5) is 19.0. The van der Waals surface area contributed by atoms with Gasteiger partial charge in [-0.3, -0.25) is 9.69 Å². The molecule has 2 saturated heterocycles. The number of carbonyl (C=O) groups excluding carboxylic acids is 1. The van der Waals surface area contributed by atoms with Crippen LogP contribution in [0.25, 0.3) is 0 Å². The van der Waals surface area contributed by atoms with Gasteiger partial charge in [-0.1, -0.05) is 29.8 Å². The van der Waals surface area contributed by atoms with E-state index in [1.807, 2.05) is 9.80 Å². The third kappa shape index (κ3) is 7.35. The number of nitrogens with one attached hydrogen (secondary N) is 2. The van der Waals surface area contributed by atoms with Crippen LogP contribution < -0.4 is 19.8 Å². The Morgan fingerprint density at radius 1 is 0.878 bits per heavy atom. The summed E-state index contributed by atoms with van der Waals surface area (Å²) in [5.74, 6) is -0.684. The van der Waals surface area contributed by atoms with Crippen LogP contribution >= 0.6 is 11.6 Å². The van der Waals surface area contributed by atoms with Gasteiger partial charge in [0.15, 0.2) is 0 Å². The maximum Gasteiger partial charge on any atom is 0.255 e. The van der Waals surface area contributed by atoms with Crippen molar-refractivity contribution >= 4 is 44.6 Å². The van der Waals surface area contributed by atoms with Crippen LogP contribution in [0.5, 0.6) is 0 Å². The van der Waals surface area contributed by atoms with Gasteiger partial charge in [-0.2, -0.15) is 0 Å². The van der Waals surface area contributed by atoms with Crippen LogP contribution in [0.2, 0.25) is 5.02 Å². The molecule has 3 aromatic rings. The van der Waals surface area contributed by atoms with E-state index in [1.165, 1.54) is 12.1 Å². The fourth-order valence-corrected chi connectivity index (χ4v) is 6.50. The molecule has 41 heavy (non-hydrogen) atoms. The third-order valence-corrected chi connectivity index (χ3v) is 8.96. The van der Waals surface area contributed by atoms with E-state index in [0.29, 0.717) is 73.6 Å². The zero-order valence-electron chi connectivity index (χ0n) is 22.6. The second-order valence-corrected chi connectivity index (χ2v) is 12.1. The Bertz CT molecular complexity index is 1480. The van der Waals surface area contributed by atoms with Gasteiger partial charge in [-0.05, 0) is 48.5 Å². The van der Waals surface area contributed by atoms with Gasteiger partial charge in [0.2, 0.25) is 10.0 Å². The lowest BCUT2D eigenvalue weighted by atomic mass is 10.2. The highest BCUT2D eigenvalue weighted by molar-refractivity contribution is 7.89. The number of carbonyl (C=O) groups is 1. The van der Waals surface area contributed by atoms with Crippen molar-refractivity contribution in [3.8, 4) is 0 Å². The van der Waals surface area contributed by atoms with E-state index in [0.717, 1.165) is 13.1 Å². The summed E-state index contributed by atoms with van der Waals surface area (Å²) in [6.07, 6.45) is 0. The lowest BCUT2D eigenvalue weighted by Crippen LogP contribution is -2.47. The van der Waals surface area contributed by atoms with E-state index in [-0.39, 0.29) is 17.3 Å². The number of para-hydroxylation sites is 1. The minimum absolute atomic E-state index is 0.0720. The van der Waals surface area contributed by atoms with Crippen molar-refractivity contribution in [2.45, 2.75) is 4.90 Å². The molecule has 2 aliphatic heterocycles. The number of amides is 1. The topological polar surface area (TPSA) is 94.2 Å². The van der Waals surface area contributed by atoms with Gasteiger partial charge in [0.1, 0.15) is 10.7 Å². The minimum atomic E-state index is -3.94. The predicted octanol–water partition coefficient (Wildman–Crippen LogP) is 3.67. The van der Waals surface area contributed by atoms with E-state index in [1.54, 1.807) is 54.6 Å². The zero-order chi connectivity index (χ0) is 28.8. The molecule has 0 saturated carbocycles. The molecule has 2 N–H and O–H groups in total. The molecule has 0 bridgehead atoms. The highest BCUT2D eigenvalue weighted by Gasteiger charge is 2.27. The first kappa shape index (κ1) is 29.3. The smallest absolute Gasteiger partial charge is 0.255 e. The summed E-state index contributed by atoms with van der Waals surface area (Å²) in [5, 5.41) is 3.22. The normalized spacial score (nSPS) is 16.5. The molecule has 0 aromatic heterocycles. The van der Waals surface area contributed by atoms with Crippen molar-refractivity contribution in [3.63, 3.8) is 0 Å². The van der Waals surface area contributed by atoms with Crippen LogP contribution in [-0.4, -0.2) is 84.8 Å². The number of morpholine rings is 1. The third-order valence-electron chi connectivity index (χ3n) is 7.23. The number of ether oxygens (including phenoxy) is 1. The van der Waals surface area contributed by atoms with Crippen molar-refractivity contribution in [1.82, 2.24) is 9.62 Å². The summed E-state index contributed by atoms with van der Waals surface area (Å²) in [5.41, 5.74) is 1.76. The average Bonchev–Trinajstić information content (AvgIpc) is 2.98. The number of halogens is 2. The summed E-state index contributed by atoms with van der Waals surface area (Å²) < 4.78 is 49.8. The maximum atomic E-state index is 14.4. The molecule has 5 rings (SSSR count). The zero-order valence-corrected chi connectivity index (χ0v) is 24.1. The molecule has 9 nitrogen and oxygen atoms in total. The Kier molecular flexibility index (Phi) is 9.41. The largest absolute Gasteiger partial charge is 0.379 e. The molecule has 0 unspecified atom stereocenters. The Labute approximate surface area is 244 Å². The lowest BCUT2D eigenvalue weighted by Gasteiger charge is -2.38. The first-order chi connectivity index (χ1) is 19.8. The van der Waals surface area contributed by atoms with Crippen LogP contribution in [0.3, 0.4) is 0 Å². The second kappa shape index (κ2) is 13.2. The molecular formula is C29H33ClFN5O4S. The van der Waals surface area contributed by atoms with Crippen molar-refractivity contribution in [1.29, 1.82) is 0 Å². The number of anilines is 3. The standard InChI is InChI=1S/C29H33ClFN5O4S/c30-23-5-3-4-22(20-23)29(37)33-24-8-9-27(36-14-12-35(13-15-36)26-7-2-1-6-25(26)31)28(21-24)41(38,39)32-10-11-34-16-18-40-19-17-34/h1-9,20-21,32H,10-19H2,(H,33,37). The van der Waals surface area contributed by atoms with Gasteiger partial charge in [0.25, 0.3) is 5.91 Å². The molecule has 1 amide bonds. The fraction of sp³-hybridized carbons (Fsp3) is 0.345. The number of hydrogen-bond acceptors (Lipinski definition) is 7. The Morgan fingerprint density at radius 3 is 2.29 bits per heavy atom. The van der Waals surface area contributed by atoms with Gasteiger partial charge < -0.3 is 19.9 Å². The number of rotatable bonds is 9. The molecule has 2 heterocycles. The molecule has 0 aliphatic carbocycles. The van der Waals surface area contributed by atoms with E-state index >= 15 is 0 Å². The SMILES string of the molecule is O=C(Nc1ccc(N2CCN(c3ccccc3F)CC2)c(S(=O)(=O)NCCN2CCOCC2)c1)c1cccc(Cl)c1. The van der Waals surface area contributed by atoms with E-state index in [9.17, 15) is 17.6 Å². The molecule has 2 aliphatic rings. The summed E-state index contributed by atoms with van der Waals surface area (Å²) in [6, 6.07) is 18.1. The molecule has 2 fully saturated rings. The first-order valence-electron chi connectivity index (χ1n) is 13.6. The van der Waals surface area contributed by atoms with Gasteiger partial charge in [0.05, 0.1) is 24.6 Å². The first-order valence-corrected chi connectivity index (χ1v) is 15.4. The van der Waals surface area contributed by atoms with Crippen molar-refractivity contribution in [3.05, 3.63) is 83.1 Å². The number of benzene rings is 3. The number of hydrogen-bond donors (Lipinski definition) is 2. The summed E-state index contributed by atoms with van der Waals surface area (Å²) in [7, 11) is -3.94. The second-order valence-electron chi connectivity index (χ2n) is 9.92. The van der Waals surface area contributed by atoms with Crippen molar-refractivity contribution in [2.75, 3.05) is 80.7 Å². The number of sulfonamides is 1. The number of nitrogens with zero attached hydrogens (tertiary/aromatic N) is 3. The molecule has 12 heteroatoms. The molecule has 0 spiro atoms. The van der Waals surface area contributed by atoms with Crippen molar-refractivity contribution in [2.24, 2.45) is 0 Å². The highest BCUT2D eigenvalue weighted by Crippen LogP contribution is 2.31. The van der Waals surface area contributed by atoms with Gasteiger partial charge >= 0.3 is 0 Å². The van der Waals surface area contributed by atoms with Gasteiger partial charge in [-0.15, -0.1) is 0 Å². The fourth-order valence-electron chi connectivity index (χ4n) is 5.04. The van der Waals surface area contributed by atoms with Crippen molar-refractivity contribution < 1.29 is 22.3 Å². The molecule has 218 valence electrons. The summed E-state index contributed by atoms with van der Waals surface area (Å²) in [6.45, 7) is 5.61. The lowest BCUT2D eigenvalue weighted by molar-refractivity contribution is 0.0390. The summed E-state index contributed by atoms with van der Waals surface area (Å²) >= 11 is 6.04. The van der Waals surface area contributed by atoms with Crippen LogP contribution in [0.4, 0.5) is 21.5 Å². The van der Waals surface area contributed by atoms with E-state index in [4.69, 9.17) is 16.3 Å². The quantitative estimate of drug-likeness (QED) is 0.387. The highest BCUT2D eigenvalue weighted by atomic mass is 35.5. The molecule has 0 atom stereocenters. The Balaban J connectivity index is 1.36. The monoisotopic (exact) mass is 601 g/mol. The van der Waals surface area contributed by atoms with Crippen LogP contribution in [-0.2, 0) is 14.8 Å². The number of piperazine rings is 1. The molecular weight excluding hydrogens is 569 g/mol. The van der Waals surface area contributed by atoms with E-state index in [2.05, 4.69) is 14.9 Å². The molecule has 0 radical (unpaired) electrons. The Morgan fingerprint density at radius 2 is 1.59 bits per heavy atom. The van der Waals surface area contributed by atoms with Gasteiger partial charge in [0, 0.05) is 68.6 Å². The Hall–Kier alpha value is -3.22. The minimum Gasteiger partial charge on any atom is -0.379 e. The predicted molar refractivity (Wildman–Crippen MR) is 159 cm³/mol. The molecule has 3 aromatic carbocycles. The van der Waals surface area contributed by atoms with Crippen LogP contribution in [0.15, 0.2) is 71.6 Å². The van der Waals surface area contributed by atoms with Crippen LogP contribution in [0.1, 0.15) is 10.4 Å². The van der Waals surface area contributed by atoms with Gasteiger partial charge in [-0.25, -0.2) is 17.5 Å².